The average molecular weight is 417 g/mol. The van der Waals surface area contributed by atoms with E-state index in [0.29, 0.717) is 6.54 Å². The van der Waals surface area contributed by atoms with Crippen LogP contribution in [0.1, 0.15) is 51.0 Å². The van der Waals surface area contributed by atoms with Crippen molar-refractivity contribution in [1.82, 2.24) is 25.4 Å². The van der Waals surface area contributed by atoms with Crippen LogP contribution in [0.5, 0.6) is 0 Å². The Morgan fingerprint density at radius 3 is 2.43 bits per heavy atom. The third kappa shape index (κ3) is 7.76. The second-order valence-electron chi connectivity index (χ2n) is 8.52. The predicted molar refractivity (Wildman–Crippen MR) is 123 cm³/mol. The molecule has 0 atom stereocenters. The molecule has 2 aliphatic heterocycles. The molecule has 3 rings (SSSR count). The van der Waals surface area contributed by atoms with Crippen molar-refractivity contribution in [3.8, 4) is 0 Å². The summed E-state index contributed by atoms with van der Waals surface area (Å²) in [5.41, 5.74) is 1.10. The number of amides is 2. The van der Waals surface area contributed by atoms with Gasteiger partial charge in [-0.25, -0.2) is 9.78 Å². The number of carbonyl (C=O) groups excluding carboxylic acids is 1. The van der Waals surface area contributed by atoms with Gasteiger partial charge in [-0.1, -0.05) is 19.8 Å². The Labute approximate surface area is 182 Å². The summed E-state index contributed by atoms with van der Waals surface area (Å²) in [6.07, 6.45) is 9.12. The molecule has 2 saturated heterocycles. The summed E-state index contributed by atoms with van der Waals surface area (Å²) in [5, 5.41) is 5.97. The average Bonchev–Trinajstić information content (AvgIpc) is 3.08. The number of urea groups is 1. The molecule has 2 amide bonds. The van der Waals surface area contributed by atoms with E-state index in [0.717, 1.165) is 56.9 Å². The molecule has 3 heterocycles. The zero-order chi connectivity index (χ0) is 21.0. The van der Waals surface area contributed by atoms with Gasteiger partial charge in [-0.2, -0.15) is 0 Å². The van der Waals surface area contributed by atoms with Crippen LogP contribution >= 0.6 is 0 Å². The molecule has 30 heavy (non-hydrogen) atoms. The van der Waals surface area contributed by atoms with Crippen molar-refractivity contribution >= 4 is 11.8 Å². The predicted octanol–water partition coefficient (Wildman–Crippen LogP) is 2.68. The smallest absolute Gasteiger partial charge is 0.315 e. The first-order valence-corrected chi connectivity index (χ1v) is 11.9. The Hall–Kier alpha value is -1.86. The Morgan fingerprint density at radius 2 is 1.70 bits per heavy atom. The molecule has 0 saturated carbocycles. The van der Waals surface area contributed by atoms with E-state index in [9.17, 15) is 4.79 Å². The first kappa shape index (κ1) is 22.8. The quantitative estimate of drug-likeness (QED) is 0.606. The van der Waals surface area contributed by atoms with Gasteiger partial charge in [0.25, 0.3) is 0 Å². The lowest BCUT2D eigenvalue weighted by atomic mass is 10.2. The Morgan fingerprint density at radius 1 is 0.967 bits per heavy atom. The van der Waals surface area contributed by atoms with Crippen molar-refractivity contribution < 1.29 is 4.79 Å². The molecule has 2 N–H and O–H groups in total. The largest absolute Gasteiger partial charge is 0.357 e. The van der Waals surface area contributed by atoms with Crippen LogP contribution in [0.4, 0.5) is 10.6 Å². The summed E-state index contributed by atoms with van der Waals surface area (Å²) in [7, 11) is 0. The molecule has 0 bridgehead atoms. The fraction of sp³-hybridized carbons (Fsp3) is 0.739. The molecule has 2 aliphatic rings. The Kier molecular flexibility index (Phi) is 9.70. The molecule has 0 aromatic carbocycles. The summed E-state index contributed by atoms with van der Waals surface area (Å²) in [6.45, 7) is 12.7. The number of aromatic nitrogens is 1. The molecule has 0 radical (unpaired) electrons. The van der Waals surface area contributed by atoms with E-state index in [1.54, 1.807) is 0 Å². The second-order valence-corrected chi connectivity index (χ2v) is 8.52. The van der Waals surface area contributed by atoms with Gasteiger partial charge in [0.05, 0.1) is 0 Å². The number of nitrogens with zero attached hydrogens (tertiary/aromatic N) is 4. The maximum Gasteiger partial charge on any atom is 0.315 e. The van der Waals surface area contributed by atoms with Crippen LogP contribution in [0, 0.1) is 0 Å². The molecule has 2 fully saturated rings. The van der Waals surface area contributed by atoms with Crippen LogP contribution in [-0.4, -0.2) is 79.7 Å². The van der Waals surface area contributed by atoms with Gasteiger partial charge in [-0.15, -0.1) is 0 Å². The molecule has 7 heteroatoms. The van der Waals surface area contributed by atoms with Gasteiger partial charge in [0.2, 0.25) is 0 Å². The normalized spacial score (nSPS) is 18.8. The highest BCUT2D eigenvalue weighted by Gasteiger charge is 2.14. The maximum atomic E-state index is 12.1. The number of carbonyl (C=O) groups is 1. The molecule has 0 spiro atoms. The highest BCUT2D eigenvalue weighted by Crippen LogP contribution is 2.18. The van der Waals surface area contributed by atoms with Gasteiger partial charge >= 0.3 is 6.03 Å². The van der Waals surface area contributed by atoms with Crippen molar-refractivity contribution in [3.63, 3.8) is 0 Å². The van der Waals surface area contributed by atoms with Crippen LogP contribution in [0.25, 0.3) is 0 Å². The number of piperazine rings is 1. The first-order valence-electron chi connectivity index (χ1n) is 11.9. The highest BCUT2D eigenvalue weighted by atomic mass is 16.2. The lowest BCUT2D eigenvalue weighted by molar-refractivity contribution is 0.135. The van der Waals surface area contributed by atoms with Gasteiger partial charge in [-0.3, -0.25) is 0 Å². The minimum absolute atomic E-state index is 0.0836. The van der Waals surface area contributed by atoms with Crippen LogP contribution < -0.4 is 15.5 Å². The van der Waals surface area contributed by atoms with Crippen LogP contribution in [0.15, 0.2) is 18.3 Å². The Balaban J connectivity index is 1.28. The van der Waals surface area contributed by atoms with E-state index in [2.05, 4.69) is 43.3 Å². The molecule has 1 aromatic rings. The monoisotopic (exact) mass is 416 g/mol. The molecule has 0 unspecified atom stereocenters. The zero-order valence-corrected chi connectivity index (χ0v) is 18.7. The second kappa shape index (κ2) is 12.7. The number of hydrogen-bond donors (Lipinski definition) is 2. The van der Waals surface area contributed by atoms with E-state index >= 15 is 0 Å². The number of likely N-dealkylation sites (N-methyl/N-ethyl adjacent to an activating group) is 1. The summed E-state index contributed by atoms with van der Waals surface area (Å²) in [5.74, 6) is 1.04. The summed E-state index contributed by atoms with van der Waals surface area (Å²) in [4.78, 5) is 24.1. The van der Waals surface area contributed by atoms with Gasteiger partial charge in [-0.05, 0) is 56.5 Å². The molecule has 168 valence electrons. The van der Waals surface area contributed by atoms with E-state index in [-0.39, 0.29) is 6.03 Å². The number of rotatable bonds is 9. The van der Waals surface area contributed by atoms with Crippen LogP contribution in [0.2, 0.25) is 0 Å². The van der Waals surface area contributed by atoms with Crippen molar-refractivity contribution in [3.05, 3.63) is 23.9 Å². The topological polar surface area (TPSA) is 63.7 Å². The lowest BCUT2D eigenvalue weighted by Gasteiger charge is -2.33. The third-order valence-corrected chi connectivity index (χ3v) is 6.29. The van der Waals surface area contributed by atoms with Crippen molar-refractivity contribution in [2.75, 3.05) is 63.8 Å². The SMILES string of the molecule is CCN1CCN(CCCCNC(=O)NCc2ccnc(N3CCCCCC3)c2)CC1. The third-order valence-electron chi connectivity index (χ3n) is 6.29. The van der Waals surface area contributed by atoms with Crippen LogP contribution in [-0.2, 0) is 6.54 Å². The van der Waals surface area contributed by atoms with Crippen LogP contribution in [0.3, 0.4) is 0 Å². The van der Waals surface area contributed by atoms with Crippen molar-refractivity contribution in [2.24, 2.45) is 0 Å². The minimum atomic E-state index is -0.0836. The standard InChI is InChI=1S/C23H40N6O/c1-2-27-15-17-28(18-16-27)12-8-5-10-25-23(30)26-20-21-9-11-24-22(19-21)29-13-6-3-4-7-14-29/h9,11,19H,2-8,10,12-18,20H2,1H3,(H2,25,26,30). The fourth-order valence-electron chi connectivity index (χ4n) is 4.28. The van der Waals surface area contributed by atoms with E-state index < -0.39 is 0 Å². The van der Waals surface area contributed by atoms with Gasteiger partial charge < -0.3 is 25.3 Å². The van der Waals surface area contributed by atoms with Crippen molar-refractivity contribution in [2.45, 2.75) is 52.0 Å². The van der Waals surface area contributed by atoms with Gasteiger partial charge in [0.15, 0.2) is 0 Å². The molecular weight excluding hydrogens is 376 g/mol. The first-order chi connectivity index (χ1) is 14.7. The van der Waals surface area contributed by atoms with E-state index in [1.807, 2.05) is 12.3 Å². The van der Waals surface area contributed by atoms with E-state index in [1.165, 1.54) is 51.9 Å². The van der Waals surface area contributed by atoms with Gasteiger partial charge in [0.1, 0.15) is 5.82 Å². The highest BCUT2D eigenvalue weighted by molar-refractivity contribution is 5.73. The van der Waals surface area contributed by atoms with Crippen molar-refractivity contribution in [1.29, 1.82) is 0 Å². The molecule has 7 nitrogen and oxygen atoms in total. The molecule has 0 aliphatic carbocycles. The number of unbranched alkanes of at least 4 members (excludes halogenated alkanes) is 1. The van der Waals surface area contributed by atoms with E-state index in [4.69, 9.17) is 0 Å². The number of pyridine rings is 1. The number of nitrogens with one attached hydrogen (secondary N) is 2. The van der Waals surface area contributed by atoms with Gasteiger partial charge in [0, 0.05) is 58.6 Å². The Bertz CT molecular complexity index is 624. The molecule has 1 aromatic heterocycles. The summed E-state index contributed by atoms with van der Waals surface area (Å²) in [6, 6.07) is 4.02. The minimum Gasteiger partial charge on any atom is -0.357 e. The lowest BCUT2D eigenvalue weighted by Crippen LogP contribution is -2.46. The molecular formula is C23H40N6O. The number of anilines is 1. The number of hydrogen-bond acceptors (Lipinski definition) is 5. The zero-order valence-electron chi connectivity index (χ0n) is 18.7. The maximum absolute atomic E-state index is 12.1. The summed E-state index contributed by atoms with van der Waals surface area (Å²) >= 11 is 0. The summed E-state index contributed by atoms with van der Waals surface area (Å²) < 4.78 is 0. The fourth-order valence-corrected chi connectivity index (χ4v) is 4.28.